The number of hydrogen-bond acceptors (Lipinski definition) is 1. The number of unbranched alkanes of at least 4 members (excludes halogenated alkanes) is 1. The Kier molecular flexibility index (Phi) is 6.57. The molecule has 1 nitrogen and oxygen atoms in total. The zero-order valence-electron chi connectivity index (χ0n) is 13.4. The maximum absolute atomic E-state index is 3.73. The van der Waals surface area contributed by atoms with Crippen molar-refractivity contribution in [2.75, 3.05) is 6.54 Å². The van der Waals surface area contributed by atoms with Crippen LogP contribution in [0, 0.1) is 0 Å². The van der Waals surface area contributed by atoms with Gasteiger partial charge < -0.3 is 5.32 Å². The van der Waals surface area contributed by atoms with E-state index in [0.29, 0.717) is 6.04 Å². The third-order valence-corrected chi connectivity index (χ3v) is 3.63. The van der Waals surface area contributed by atoms with Gasteiger partial charge in [0.15, 0.2) is 0 Å². The molecule has 1 heteroatoms. The van der Waals surface area contributed by atoms with Gasteiger partial charge in [-0.25, -0.2) is 0 Å². The first-order chi connectivity index (χ1) is 9.00. The van der Waals surface area contributed by atoms with Crippen LogP contribution < -0.4 is 5.32 Å². The molecule has 0 saturated heterocycles. The maximum atomic E-state index is 3.73. The van der Waals surface area contributed by atoms with Gasteiger partial charge in [-0.15, -0.1) is 0 Å². The average Bonchev–Trinajstić information content (AvgIpc) is 2.38. The quantitative estimate of drug-likeness (QED) is 0.710. The SMILES string of the molecule is CCCCC(NCCC)c1ccccc1C(C)(C)C. The summed E-state index contributed by atoms with van der Waals surface area (Å²) in [6.07, 6.45) is 4.99. The normalized spacial score (nSPS) is 13.5. The fourth-order valence-corrected chi connectivity index (χ4v) is 2.58. The van der Waals surface area contributed by atoms with E-state index >= 15 is 0 Å². The summed E-state index contributed by atoms with van der Waals surface area (Å²) < 4.78 is 0. The Labute approximate surface area is 119 Å². The molecule has 0 saturated carbocycles. The van der Waals surface area contributed by atoms with E-state index in [-0.39, 0.29) is 5.41 Å². The molecule has 19 heavy (non-hydrogen) atoms. The minimum absolute atomic E-state index is 0.217. The molecule has 1 aromatic rings. The van der Waals surface area contributed by atoms with Gasteiger partial charge in [0.2, 0.25) is 0 Å². The standard InChI is InChI=1S/C18H31N/c1-6-8-13-17(19-14-7-2)15-11-9-10-12-16(15)18(3,4)5/h9-12,17,19H,6-8,13-14H2,1-5H3. The van der Waals surface area contributed by atoms with Crippen LogP contribution in [0.3, 0.4) is 0 Å². The average molecular weight is 261 g/mol. The van der Waals surface area contributed by atoms with Crippen LogP contribution in [0.5, 0.6) is 0 Å². The second kappa shape index (κ2) is 7.69. The van der Waals surface area contributed by atoms with Crippen LogP contribution in [-0.2, 0) is 5.41 Å². The lowest BCUT2D eigenvalue weighted by molar-refractivity contribution is 0.467. The number of hydrogen-bond donors (Lipinski definition) is 1. The summed E-state index contributed by atoms with van der Waals surface area (Å²) in [5.74, 6) is 0. The van der Waals surface area contributed by atoms with Gasteiger partial charge in [0.1, 0.15) is 0 Å². The Morgan fingerprint density at radius 1 is 1.05 bits per heavy atom. The Morgan fingerprint density at radius 3 is 2.32 bits per heavy atom. The van der Waals surface area contributed by atoms with Crippen molar-refractivity contribution in [1.82, 2.24) is 5.32 Å². The van der Waals surface area contributed by atoms with Crippen molar-refractivity contribution in [3.05, 3.63) is 35.4 Å². The van der Waals surface area contributed by atoms with Gasteiger partial charge in [0.25, 0.3) is 0 Å². The molecule has 0 spiro atoms. The number of rotatable bonds is 7. The van der Waals surface area contributed by atoms with Crippen molar-refractivity contribution >= 4 is 0 Å². The molecule has 0 aliphatic rings. The molecular formula is C18H31N. The highest BCUT2D eigenvalue weighted by molar-refractivity contribution is 5.35. The van der Waals surface area contributed by atoms with Gasteiger partial charge >= 0.3 is 0 Å². The lowest BCUT2D eigenvalue weighted by Crippen LogP contribution is -2.26. The molecule has 1 aromatic carbocycles. The van der Waals surface area contributed by atoms with E-state index in [1.54, 1.807) is 0 Å². The van der Waals surface area contributed by atoms with Crippen LogP contribution in [0.1, 0.15) is 77.5 Å². The lowest BCUT2D eigenvalue weighted by atomic mass is 9.81. The predicted molar refractivity (Wildman–Crippen MR) is 85.7 cm³/mol. The molecule has 1 atom stereocenters. The molecule has 1 unspecified atom stereocenters. The maximum Gasteiger partial charge on any atom is 0.0323 e. The summed E-state index contributed by atoms with van der Waals surface area (Å²) in [7, 11) is 0. The largest absolute Gasteiger partial charge is 0.310 e. The Bertz CT molecular complexity index is 354. The lowest BCUT2D eigenvalue weighted by Gasteiger charge is -2.28. The monoisotopic (exact) mass is 261 g/mol. The Balaban J connectivity index is 3.00. The van der Waals surface area contributed by atoms with Gasteiger partial charge in [0.05, 0.1) is 0 Å². The number of benzene rings is 1. The van der Waals surface area contributed by atoms with Crippen molar-refractivity contribution < 1.29 is 0 Å². The summed E-state index contributed by atoms with van der Waals surface area (Å²) in [5, 5.41) is 3.73. The molecule has 1 N–H and O–H groups in total. The fraction of sp³-hybridized carbons (Fsp3) is 0.667. The van der Waals surface area contributed by atoms with Crippen LogP contribution >= 0.6 is 0 Å². The van der Waals surface area contributed by atoms with E-state index in [1.807, 2.05) is 0 Å². The molecule has 0 aliphatic heterocycles. The van der Waals surface area contributed by atoms with E-state index in [1.165, 1.54) is 36.8 Å². The first-order valence-electron chi connectivity index (χ1n) is 7.83. The minimum Gasteiger partial charge on any atom is -0.310 e. The summed E-state index contributed by atoms with van der Waals surface area (Å²) in [5.41, 5.74) is 3.20. The topological polar surface area (TPSA) is 12.0 Å². The van der Waals surface area contributed by atoms with Crippen LogP contribution in [0.2, 0.25) is 0 Å². The molecule has 0 radical (unpaired) electrons. The third-order valence-electron chi connectivity index (χ3n) is 3.63. The van der Waals surface area contributed by atoms with Gasteiger partial charge in [-0.05, 0) is 35.9 Å². The van der Waals surface area contributed by atoms with Gasteiger partial charge in [-0.3, -0.25) is 0 Å². The van der Waals surface area contributed by atoms with Gasteiger partial charge in [-0.1, -0.05) is 71.7 Å². The van der Waals surface area contributed by atoms with Crippen LogP contribution in [0.15, 0.2) is 24.3 Å². The molecular weight excluding hydrogens is 230 g/mol. The first-order valence-corrected chi connectivity index (χ1v) is 7.83. The highest BCUT2D eigenvalue weighted by atomic mass is 14.9. The molecule has 108 valence electrons. The fourth-order valence-electron chi connectivity index (χ4n) is 2.58. The van der Waals surface area contributed by atoms with Crippen molar-refractivity contribution in [2.24, 2.45) is 0 Å². The highest BCUT2D eigenvalue weighted by Crippen LogP contribution is 2.31. The summed E-state index contributed by atoms with van der Waals surface area (Å²) in [4.78, 5) is 0. The van der Waals surface area contributed by atoms with Crippen molar-refractivity contribution in [3.8, 4) is 0 Å². The zero-order valence-corrected chi connectivity index (χ0v) is 13.4. The first kappa shape index (κ1) is 16.2. The van der Waals surface area contributed by atoms with E-state index in [2.05, 4.69) is 64.2 Å². The molecule has 1 rings (SSSR count). The molecule has 0 bridgehead atoms. The van der Waals surface area contributed by atoms with Crippen molar-refractivity contribution in [2.45, 2.75) is 71.8 Å². The Morgan fingerprint density at radius 2 is 1.74 bits per heavy atom. The van der Waals surface area contributed by atoms with E-state index in [4.69, 9.17) is 0 Å². The molecule has 0 aromatic heterocycles. The summed E-state index contributed by atoms with van der Waals surface area (Å²) in [6, 6.07) is 9.46. The highest BCUT2D eigenvalue weighted by Gasteiger charge is 2.21. The smallest absolute Gasteiger partial charge is 0.0323 e. The number of nitrogens with one attached hydrogen (secondary N) is 1. The van der Waals surface area contributed by atoms with E-state index in [0.717, 1.165) is 6.54 Å². The van der Waals surface area contributed by atoms with E-state index in [9.17, 15) is 0 Å². The predicted octanol–water partition coefficient (Wildman–Crippen LogP) is 5.22. The van der Waals surface area contributed by atoms with Crippen molar-refractivity contribution in [3.63, 3.8) is 0 Å². The van der Waals surface area contributed by atoms with Gasteiger partial charge in [0, 0.05) is 6.04 Å². The summed E-state index contributed by atoms with van der Waals surface area (Å²) >= 11 is 0. The molecule has 0 fully saturated rings. The van der Waals surface area contributed by atoms with Crippen LogP contribution in [0.4, 0.5) is 0 Å². The minimum atomic E-state index is 0.217. The van der Waals surface area contributed by atoms with Crippen LogP contribution in [0.25, 0.3) is 0 Å². The Hall–Kier alpha value is -0.820. The van der Waals surface area contributed by atoms with Gasteiger partial charge in [-0.2, -0.15) is 0 Å². The second-order valence-corrected chi connectivity index (χ2v) is 6.49. The molecule has 0 amide bonds. The van der Waals surface area contributed by atoms with Crippen LogP contribution in [-0.4, -0.2) is 6.54 Å². The molecule has 0 heterocycles. The summed E-state index contributed by atoms with van der Waals surface area (Å²) in [6.45, 7) is 12.5. The van der Waals surface area contributed by atoms with E-state index < -0.39 is 0 Å². The van der Waals surface area contributed by atoms with Crippen molar-refractivity contribution in [1.29, 1.82) is 0 Å². The molecule has 0 aliphatic carbocycles. The third kappa shape index (κ3) is 4.99. The second-order valence-electron chi connectivity index (χ2n) is 6.49. The zero-order chi connectivity index (χ0) is 14.3.